The lowest BCUT2D eigenvalue weighted by atomic mass is 10.0. The van der Waals surface area contributed by atoms with Gasteiger partial charge in [0, 0.05) is 18.0 Å². The molecular formula is C47H57N5O7. The zero-order chi connectivity index (χ0) is 41.9. The number of likely N-dealkylation sites (tertiary alicyclic amines) is 1. The third kappa shape index (κ3) is 11.3. The van der Waals surface area contributed by atoms with Crippen LogP contribution in [0, 0.1) is 0 Å². The average Bonchev–Trinajstić information content (AvgIpc) is 3.47. The fraction of sp³-hybridized carbons (Fsp3) is 0.404. The number of rotatable bonds is 9. The Kier molecular flexibility index (Phi) is 14.8. The molecular weight excluding hydrogens is 747 g/mol. The molecule has 1 saturated heterocycles. The van der Waals surface area contributed by atoms with E-state index in [2.05, 4.69) is 21.6 Å². The van der Waals surface area contributed by atoms with E-state index in [1.165, 1.54) is 12.0 Å². The first-order valence-corrected chi connectivity index (χ1v) is 20.8. The van der Waals surface area contributed by atoms with Crippen molar-refractivity contribution in [1.29, 1.82) is 0 Å². The van der Waals surface area contributed by atoms with Crippen LogP contribution in [-0.4, -0.2) is 74.0 Å². The Morgan fingerprint density at radius 3 is 1.47 bits per heavy atom. The van der Waals surface area contributed by atoms with Crippen molar-refractivity contribution in [3.8, 4) is 0 Å². The van der Waals surface area contributed by atoms with Crippen LogP contribution in [0.5, 0.6) is 0 Å². The van der Waals surface area contributed by atoms with Gasteiger partial charge in [-0.05, 0) is 145 Å². The zero-order valence-corrected chi connectivity index (χ0v) is 34.9. The van der Waals surface area contributed by atoms with Gasteiger partial charge >= 0.3 is 12.2 Å². The minimum atomic E-state index is -0.517. The summed E-state index contributed by atoms with van der Waals surface area (Å²) in [7, 11) is 0. The summed E-state index contributed by atoms with van der Waals surface area (Å²) in [5.74, 6) is -0.0706. The number of amides is 4. The van der Waals surface area contributed by atoms with Crippen molar-refractivity contribution < 1.29 is 33.4 Å². The summed E-state index contributed by atoms with van der Waals surface area (Å²) in [6, 6.07) is 27.4. The van der Waals surface area contributed by atoms with E-state index in [0.29, 0.717) is 24.5 Å². The molecule has 4 amide bonds. The molecule has 0 bridgehead atoms. The molecule has 0 aliphatic carbocycles. The topological polar surface area (TPSA) is 130 Å². The molecule has 2 N–H and O–H groups in total. The minimum Gasteiger partial charge on any atom is -0.447 e. The third-order valence-electron chi connectivity index (χ3n) is 10.4. The zero-order valence-electron chi connectivity index (χ0n) is 34.9. The molecule has 1 fully saturated rings. The van der Waals surface area contributed by atoms with E-state index in [9.17, 15) is 19.2 Å². The maximum Gasteiger partial charge on any atom is 0.411 e. The van der Waals surface area contributed by atoms with Gasteiger partial charge < -0.3 is 14.2 Å². The highest BCUT2D eigenvalue weighted by Gasteiger charge is 2.29. The number of aryl methyl sites for hydroxylation is 4. The summed E-state index contributed by atoms with van der Waals surface area (Å²) in [5, 5.41) is 5.54. The number of benzene rings is 4. The summed E-state index contributed by atoms with van der Waals surface area (Å²) in [6.45, 7) is 11.9. The lowest BCUT2D eigenvalue weighted by molar-refractivity contribution is -0.122. The van der Waals surface area contributed by atoms with E-state index in [-0.39, 0.29) is 30.6 Å². The van der Waals surface area contributed by atoms with Gasteiger partial charge in [-0.15, -0.1) is 0 Å². The Hall–Kier alpha value is -5.72. The van der Waals surface area contributed by atoms with Gasteiger partial charge in [0.25, 0.3) is 5.91 Å². The standard InChI is InChI=1S/C25H31N3O3.C22H26N2O4/c1-18(2)31-25(30)26-21-13-12-20-11-10-19-8-4-5-9-22(19)28(23(20)16-21)24(29)17-27-14-6-3-7-15-27;1-4-27-14-21(25)24-19-8-6-5-7-16(19)9-10-17-11-12-18(13-20(17)24)23-22(26)28-15(2)3/h4-5,8-9,12-13,16,18H,3,6-7,10-11,14-15,17H2,1-2H3,(H,26,30);5-8,11-13,15H,4,9-10,14H2,1-3H3,(H,23,26). The predicted octanol–water partition coefficient (Wildman–Crippen LogP) is 9.34. The molecule has 4 aromatic rings. The van der Waals surface area contributed by atoms with E-state index in [1.54, 1.807) is 18.7 Å². The van der Waals surface area contributed by atoms with E-state index in [1.807, 2.05) is 105 Å². The SMILES string of the molecule is CC(C)OC(=O)Nc1ccc2c(c1)N(C(=O)CN1CCCCC1)c1ccccc1CC2.CCOCC(=O)N1c2ccccc2CCc2ccc(NC(=O)OC(C)C)cc21. The fourth-order valence-corrected chi connectivity index (χ4v) is 7.69. The number of hydrogen-bond acceptors (Lipinski definition) is 8. The normalized spacial score (nSPS) is 14.6. The number of piperidine rings is 1. The molecule has 312 valence electrons. The van der Waals surface area contributed by atoms with Crippen LogP contribution in [0.2, 0.25) is 0 Å². The molecule has 12 heteroatoms. The second kappa shape index (κ2) is 20.3. The van der Waals surface area contributed by atoms with Gasteiger partial charge in [-0.25, -0.2) is 9.59 Å². The summed E-state index contributed by atoms with van der Waals surface area (Å²) >= 11 is 0. The molecule has 3 heterocycles. The monoisotopic (exact) mass is 803 g/mol. The van der Waals surface area contributed by atoms with Gasteiger partial charge in [0.2, 0.25) is 5.91 Å². The van der Waals surface area contributed by atoms with Crippen LogP contribution in [0.4, 0.5) is 43.7 Å². The number of fused-ring (bicyclic) bond motifs is 4. The van der Waals surface area contributed by atoms with Crippen molar-refractivity contribution in [3.63, 3.8) is 0 Å². The largest absolute Gasteiger partial charge is 0.447 e. The summed E-state index contributed by atoms with van der Waals surface area (Å²) < 4.78 is 15.7. The Bertz CT molecular complexity index is 2110. The number of ether oxygens (including phenoxy) is 3. The minimum absolute atomic E-state index is 0.00266. The fourth-order valence-electron chi connectivity index (χ4n) is 7.69. The molecule has 59 heavy (non-hydrogen) atoms. The summed E-state index contributed by atoms with van der Waals surface area (Å²) in [6.07, 6.45) is 5.47. The van der Waals surface area contributed by atoms with E-state index >= 15 is 0 Å². The number of carbonyl (C=O) groups excluding carboxylic acids is 4. The van der Waals surface area contributed by atoms with Gasteiger partial charge in [0.05, 0.1) is 41.5 Å². The first-order valence-electron chi connectivity index (χ1n) is 20.8. The van der Waals surface area contributed by atoms with Crippen LogP contribution >= 0.6 is 0 Å². The lowest BCUT2D eigenvalue weighted by Crippen LogP contribution is -2.40. The van der Waals surface area contributed by atoms with Crippen LogP contribution in [0.3, 0.4) is 0 Å². The van der Waals surface area contributed by atoms with Gasteiger partial charge in [-0.1, -0.05) is 55.0 Å². The number of para-hydroxylation sites is 2. The van der Waals surface area contributed by atoms with Gasteiger partial charge in [-0.2, -0.15) is 0 Å². The Morgan fingerprint density at radius 2 is 1.02 bits per heavy atom. The molecule has 12 nitrogen and oxygen atoms in total. The maximum absolute atomic E-state index is 13.6. The third-order valence-corrected chi connectivity index (χ3v) is 10.4. The van der Waals surface area contributed by atoms with Crippen LogP contribution in [0.25, 0.3) is 0 Å². The highest BCUT2D eigenvalue weighted by molar-refractivity contribution is 6.05. The van der Waals surface area contributed by atoms with Gasteiger partial charge in [0.15, 0.2) is 0 Å². The predicted molar refractivity (Wildman–Crippen MR) is 232 cm³/mol. The number of nitrogens with zero attached hydrogens (tertiary/aromatic N) is 3. The van der Waals surface area contributed by atoms with Crippen molar-refractivity contribution in [3.05, 3.63) is 107 Å². The number of carbonyl (C=O) groups is 4. The smallest absolute Gasteiger partial charge is 0.411 e. The molecule has 4 aromatic carbocycles. The van der Waals surface area contributed by atoms with Crippen LogP contribution < -0.4 is 20.4 Å². The van der Waals surface area contributed by atoms with Crippen molar-refractivity contribution in [2.24, 2.45) is 0 Å². The van der Waals surface area contributed by atoms with E-state index in [4.69, 9.17) is 14.2 Å². The highest BCUT2D eigenvalue weighted by atomic mass is 16.6. The molecule has 3 aliphatic rings. The van der Waals surface area contributed by atoms with E-state index in [0.717, 1.165) is 91.1 Å². The lowest BCUT2D eigenvalue weighted by Gasteiger charge is -2.30. The second-order valence-corrected chi connectivity index (χ2v) is 15.5. The van der Waals surface area contributed by atoms with Gasteiger partial charge in [0.1, 0.15) is 6.61 Å². The first kappa shape index (κ1) is 42.9. The molecule has 3 aliphatic heterocycles. The Balaban J connectivity index is 0.000000199. The molecule has 0 radical (unpaired) electrons. The van der Waals surface area contributed by atoms with Crippen molar-refractivity contribution in [2.45, 2.75) is 91.8 Å². The van der Waals surface area contributed by atoms with Gasteiger partial charge in [-0.3, -0.25) is 34.9 Å². The molecule has 0 saturated carbocycles. The first-order chi connectivity index (χ1) is 28.5. The van der Waals surface area contributed by atoms with Crippen LogP contribution in [-0.2, 0) is 49.5 Å². The number of nitrogens with one attached hydrogen (secondary N) is 2. The average molecular weight is 804 g/mol. The van der Waals surface area contributed by atoms with Crippen LogP contribution in [0.15, 0.2) is 84.9 Å². The molecule has 0 spiro atoms. The Morgan fingerprint density at radius 1 is 0.576 bits per heavy atom. The second-order valence-electron chi connectivity index (χ2n) is 15.5. The molecule has 7 rings (SSSR count). The quantitative estimate of drug-likeness (QED) is 0.171. The molecule has 0 aromatic heterocycles. The van der Waals surface area contributed by atoms with Crippen molar-refractivity contribution in [1.82, 2.24) is 4.90 Å². The van der Waals surface area contributed by atoms with Crippen molar-refractivity contribution >= 4 is 58.1 Å². The molecule has 0 atom stereocenters. The van der Waals surface area contributed by atoms with E-state index < -0.39 is 12.2 Å². The van der Waals surface area contributed by atoms with Crippen molar-refractivity contribution in [2.75, 3.05) is 53.3 Å². The van der Waals surface area contributed by atoms with Crippen LogP contribution in [0.1, 0.15) is 76.1 Å². The number of anilines is 6. The number of hydrogen-bond donors (Lipinski definition) is 2. The highest BCUT2D eigenvalue weighted by Crippen LogP contribution is 2.39. The molecule has 0 unspecified atom stereocenters. The maximum atomic E-state index is 13.6. The Labute approximate surface area is 347 Å². The summed E-state index contributed by atoms with van der Waals surface area (Å²) in [4.78, 5) is 56.5. The summed E-state index contributed by atoms with van der Waals surface area (Å²) in [5.41, 5.74) is 9.02.